The van der Waals surface area contributed by atoms with Gasteiger partial charge >= 0.3 is 5.97 Å². The summed E-state index contributed by atoms with van der Waals surface area (Å²) in [5.74, 6) is -3.31. The molecule has 12 nitrogen and oxygen atoms in total. The second-order valence-electron chi connectivity index (χ2n) is 7.15. The molecule has 0 saturated heterocycles. The summed E-state index contributed by atoms with van der Waals surface area (Å²) >= 11 is 1.49. The molecule has 1 aromatic carbocycles. The van der Waals surface area contributed by atoms with Gasteiger partial charge in [0.2, 0.25) is 17.7 Å². The highest BCUT2D eigenvalue weighted by atomic mass is 32.2. The molecule has 0 aromatic heterocycles. The van der Waals surface area contributed by atoms with Gasteiger partial charge < -0.3 is 42.1 Å². The van der Waals surface area contributed by atoms with E-state index in [1.54, 1.807) is 0 Å². The number of carbonyl (C=O) groups excluding carboxylic acids is 3. The lowest BCUT2D eigenvalue weighted by molar-refractivity contribution is -0.143. The van der Waals surface area contributed by atoms with E-state index < -0.39 is 61.1 Å². The van der Waals surface area contributed by atoms with Gasteiger partial charge in [0.25, 0.3) is 0 Å². The van der Waals surface area contributed by atoms with E-state index >= 15 is 0 Å². The number of aliphatic carboxylic acids is 1. The van der Waals surface area contributed by atoms with E-state index in [0.717, 1.165) is 0 Å². The Balaban J connectivity index is 2.97. The van der Waals surface area contributed by atoms with Gasteiger partial charge in [-0.15, -0.1) is 0 Å². The highest BCUT2D eigenvalue weighted by molar-refractivity contribution is 7.98. The Hall–Kier alpha value is -2.87. The van der Waals surface area contributed by atoms with Gasteiger partial charge in [-0.05, 0) is 36.1 Å². The van der Waals surface area contributed by atoms with Crippen LogP contribution in [0.25, 0.3) is 0 Å². The number of benzene rings is 1. The van der Waals surface area contributed by atoms with E-state index in [4.69, 9.17) is 15.9 Å². The summed E-state index contributed by atoms with van der Waals surface area (Å²) in [4.78, 5) is 48.7. The molecule has 9 N–H and O–H groups in total. The maximum absolute atomic E-state index is 12.7. The normalized spacial score (nSPS) is 14.4. The van der Waals surface area contributed by atoms with Crippen LogP contribution in [0.4, 0.5) is 0 Å². The van der Waals surface area contributed by atoms with Crippen molar-refractivity contribution in [1.29, 1.82) is 0 Å². The first kappa shape index (κ1) is 28.2. The monoisotopic (exact) mass is 486 g/mol. The Morgan fingerprint density at radius 3 is 1.94 bits per heavy atom. The number of phenolic OH excluding ortho intramolecular Hbond substituents is 1. The number of carboxylic acids is 1. The zero-order chi connectivity index (χ0) is 25.0. The van der Waals surface area contributed by atoms with E-state index in [1.165, 1.54) is 36.0 Å². The van der Waals surface area contributed by atoms with Crippen LogP contribution < -0.4 is 21.7 Å². The largest absolute Gasteiger partial charge is 0.508 e. The van der Waals surface area contributed by atoms with Crippen LogP contribution >= 0.6 is 11.8 Å². The summed E-state index contributed by atoms with van der Waals surface area (Å²) in [6, 6.07) is 0.527. The lowest BCUT2D eigenvalue weighted by atomic mass is 10.0. The fourth-order valence-corrected chi connectivity index (χ4v) is 3.15. The van der Waals surface area contributed by atoms with Gasteiger partial charge in [0.15, 0.2) is 0 Å². The topological polar surface area (TPSA) is 211 Å². The van der Waals surface area contributed by atoms with Crippen LogP contribution in [0.1, 0.15) is 12.0 Å². The number of carboxylic acid groups (broad SMARTS) is 1. The number of hydrogen-bond acceptors (Lipinski definition) is 9. The summed E-state index contributed by atoms with van der Waals surface area (Å²) in [5.41, 5.74) is 6.29. The van der Waals surface area contributed by atoms with E-state index in [9.17, 15) is 29.4 Å². The predicted molar refractivity (Wildman–Crippen MR) is 120 cm³/mol. The number of rotatable bonds is 14. The van der Waals surface area contributed by atoms with Crippen LogP contribution in [-0.4, -0.2) is 93.5 Å². The van der Waals surface area contributed by atoms with Gasteiger partial charge in [0, 0.05) is 6.42 Å². The standard InChI is InChI=1S/C20H30N4O8S/c1-33-7-6-13(21)17(28)23-15(9-25)19(30)22-14(8-11-2-4-12(27)5-3-11)18(29)24-16(10-26)20(31)32/h2-5,13-16,25-27H,6-10,21H2,1H3,(H,22,30)(H,23,28)(H,24,29)(H,31,32). The zero-order valence-corrected chi connectivity index (χ0v) is 18.9. The van der Waals surface area contributed by atoms with E-state index in [0.29, 0.717) is 17.7 Å². The molecule has 4 atom stereocenters. The van der Waals surface area contributed by atoms with Crippen molar-refractivity contribution < 1.29 is 39.6 Å². The summed E-state index contributed by atoms with van der Waals surface area (Å²) < 4.78 is 0. The van der Waals surface area contributed by atoms with Gasteiger partial charge in [0.05, 0.1) is 19.3 Å². The number of aliphatic hydroxyl groups is 2. The Morgan fingerprint density at radius 1 is 0.909 bits per heavy atom. The van der Waals surface area contributed by atoms with Gasteiger partial charge in [-0.1, -0.05) is 12.1 Å². The number of carbonyl (C=O) groups is 4. The molecule has 184 valence electrons. The first-order valence-corrected chi connectivity index (χ1v) is 11.4. The van der Waals surface area contributed by atoms with Crippen molar-refractivity contribution in [1.82, 2.24) is 16.0 Å². The number of aliphatic hydroxyl groups excluding tert-OH is 2. The van der Waals surface area contributed by atoms with Gasteiger partial charge in [-0.25, -0.2) is 4.79 Å². The van der Waals surface area contributed by atoms with Gasteiger partial charge in [-0.2, -0.15) is 11.8 Å². The molecule has 0 aliphatic heterocycles. The van der Waals surface area contributed by atoms with Crippen molar-refractivity contribution in [2.75, 3.05) is 25.2 Å². The average Bonchev–Trinajstić information content (AvgIpc) is 2.79. The molecule has 1 aromatic rings. The predicted octanol–water partition coefficient (Wildman–Crippen LogP) is -2.46. The van der Waals surface area contributed by atoms with Crippen LogP contribution in [-0.2, 0) is 25.6 Å². The quantitative estimate of drug-likeness (QED) is 0.139. The number of nitrogens with two attached hydrogens (primary N) is 1. The first-order chi connectivity index (χ1) is 15.6. The number of aromatic hydroxyl groups is 1. The molecule has 0 radical (unpaired) electrons. The summed E-state index contributed by atoms with van der Waals surface area (Å²) in [5, 5.41) is 44.0. The third-order valence-corrected chi connectivity index (χ3v) is 5.24. The molecular formula is C20H30N4O8S. The molecule has 1 rings (SSSR count). The maximum Gasteiger partial charge on any atom is 0.328 e. The van der Waals surface area contributed by atoms with Gasteiger partial charge in [-0.3, -0.25) is 14.4 Å². The number of phenols is 1. The minimum atomic E-state index is -1.60. The number of nitrogens with one attached hydrogen (secondary N) is 3. The Kier molecular flexibility index (Phi) is 12.2. The second-order valence-corrected chi connectivity index (χ2v) is 8.13. The van der Waals surface area contributed by atoms with Crippen molar-refractivity contribution >= 4 is 35.5 Å². The van der Waals surface area contributed by atoms with Crippen molar-refractivity contribution in [3.05, 3.63) is 29.8 Å². The summed E-state index contributed by atoms with van der Waals surface area (Å²) in [7, 11) is 0. The highest BCUT2D eigenvalue weighted by Gasteiger charge is 2.30. The molecule has 4 unspecified atom stereocenters. The number of amides is 3. The molecule has 0 spiro atoms. The maximum atomic E-state index is 12.7. The smallest absolute Gasteiger partial charge is 0.328 e. The van der Waals surface area contributed by atoms with Crippen molar-refractivity contribution in [3.63, 3.8) is 0 Å². The molecule has 0 heterocycles. The molecular weight excluding hydrogens is 456 g/mol. The van der Waals surface area contributed by atoms with Crippen LogP contribution in [0.3, 0.4) is 0 Å². The van der Waals surface area contributed by atoms with E-state index in [1.807, 2.05) is 6.26 Å². The molecule has 33 heavy (non-hydrogen) atoms. The zero-order valence-electron chi connectivity index (χ0n) is 18.1. The minimum Gasteiger partial charge on any atom is -0.508 e. The van der Waals surface area contributed by atoms with E-state index in [-0.39, 0.29) is 12.2 Å². The molecule has 0 bridgehead atoms. The fraction of sp³-hybridized carbons (Fsp3) is 0.500. The lowest BCUT2D eigenvalue weighted by Gasteiger charge is -2.24. The third kappa shape index (κ3) is 9.65. The van der Waals surface area contributed by atoms with Crippen molar-refractivity contribution in [2.24, 2.45) is 5.73 Å². The average molecular weight is 487 g/mol. The molecule has 0 fully saturated rings. The van der Waals surface area contributed by atoms with Crippen LogP contribution in [0.5, 0.6) is 5.75 Å². The van der Waals surface area contributed by atoms with Crippen LogP contribution in [0.15, 0.2) is 24.3 Å². The van der Waals surface area contributed by atoms with Gasteiger partial charge in [0.1, 0.15) is 23.9 Å². The highest BCUT2D eigenvalue weighted by Crippen LogP contribution is 2.12. The Bertz CT molecular complexity index is 808. The lowest BCUT2D eigenvalue weighted by Crippen LogP contribution is -2.58. The number of hydrogen-bond donors (Lipinski definition) is 8. The third-order valence-electron chi connectivity index (χ3n) is 4.59. The number of thioether (sulfide) groups is 1. The van der Waals surface area contributed by atoms with Crippen LogP contribution in [0.2, 0.25) is 0 Å². The molecule has 0 aliphatic rings. The molecule has 0 saturated carbocycles. The van der Waals surface area contributed by atoms with Crippen molar-refractivity contribution in [2.45, 2.75) is 37.0 Å². The molecule has 0 aliphatic carbocycles. The SMILES string of the molecule is CSCCC(N)C(=O)NC(CO)C(=O)NC(Cc1ccc(O)cc1)C(=O)NC(CO)C(=O)O. The second kappa shape index (κ2) is 14.3. The molecule has 3 amide bonds. The summed E-state index contributed by atoms with van der Waals surface area (Å²) in [6.07, 6.45) is 2.10. The van der Waals surface area contributed by atoms with Crippen molar-refractivity contribution in [3.8, 4) is 5.75 Å². The minimum absolute atomic E-state index is 0.0177. The first-order valence-electron chi connectivity index (χ1n) is 10.0. The Morgan fingerprint density at radius 2 is 1.42 bits per heavy atom. The fourth-order valence-electron chi connectivity index (χ4n) is 2.66. The molecule has 13 heteroatoms. The van der Waals surface area contributed by atoms with Crippen LogP contribution in [0, 0.1) is 0 Å². The summed E-state index contributed by atoms with van der Waals surface area (Å²) in [6.45, 7) is -1.64. The Labute approximate surface area is 194 Å². The van der Waals surface area contributed by atoms with E-state index in [2.05, 4.69) is 16.0 Å².